The van der Waals surface area contributed by atoms with Gasteiger partial charge in [-0.2, -0.15) is 5.10 Å². The number of aromatic nitrogens is 2. The number of carbonyl (C=O) groups excluding carboxylic acids is 2. The Balaban J connectivity index is 1.78. The zero-order chi connectivity index (χ0) is 20.3. The standard InChI is InChI=1S/C19H15ClF2N4O2/c1-2-26(11-6-4-3-5-7-11)19(28)16-10-17(25-24-16)23-18(27)12-8-14(21)15(22)9-13(12)20/h3-10H,2H2,1H3,(H2,23,24,25,27). The zero-order valence-electron chi connectivity index (χ0n) is 14.7. The summed E-state index contributed by atoms with van der Waals surface area (Å²) in [6.45, 7) is 2.25. The van der Waals surface area contributed by atoms with Gasteiger partial charge in [0.15, 0.2) is 17.5 Å². The van der Waals surface area contributed by atoms with Crippen LogP contribution in [0.2, 0.25) is 5.02 Å². The van der Waals surface area contributed by atoms with E-state index in [1.807, 2.05) is 25.1 Å². The molecule has 2 aromatic carbocycles. The van der Waals surface area contributed by atoms with E-state index >= 15 is 0 Å². The number of amides is 2. The third kappa shape index (κ3) is 4.01. The Morgan fingerprint density at radius 1 is 1.14 bits per heavy atom. The molecule has 9 heteroatoms. The van der Waals surface area contributed by atoms with Crippen LogP contribution in [0.15, 0.2) is 48.5 Å². The fourth-order valence-corrected chi connectivity index (χ4v) is 2.81. The van der Waals surface area contributed by atoms with Gasteiger partial charge in [-0.1, -0.05) is 29.8 Å². The average molecular weight is 405 g/mol. The van der Waals surface area contributed by atoms with Gasteiger partial charge in [0, 0.05) is 18.3 Å². The van der Waals surface area contributed by atoms with Crippen LogP contribution in [-0.2, 0) is 0 Å². The van der Waals surface area contributed by atoms with Crippen LogP contribution in [0.4, 0.5) is 20.3 Å². The van der Waals surface area contributed by atoms with Crippen LogP contribution in [0.3, 0.4) is 0 Å². The highest BCUT2D eigenvalue weighted by Gasteiger charge is 2.20. The highest BCUT2D eigenvalue weighted by molar-refractivity contribution is 6.34. The molecule has 6 nitrogen and oxygen atoms in total. The topological polar surface area (TPSA) is 78.1 Å². The van der Waals surface area contributed by atoms with Crippen molar-refractivity contribution < 1.29 is 18.4 Å². The Morgan fingerprint density at radius 3 is 2.50 bits per heavy atom. The first-order valence-electron chi connectivity index (χ1n) is 8.29. The predicted octanol–water partition coefficient (Wildman–Crippen LogP) is 4.26. The molecule has 0 fully saturated rings. The summed E-state index contributed by atoms with van der Waals surface area (Å²) in [4.78, 5) is 26.5. The second kappa shape index (κ2) is 8.18. The van der Waals surface area contributed by atoms with E-state index in [9.17, 15) is 18.4 Å². The van der Waals surface area contributed by atoms with Gasteiger partial charge >= 0.3 is 0 Å². The summed E-state index contributed by atoms with van der Waals surface area (Å²) >= 11 is 5.79. The molecule has 2 amide bonds. The Bertz CT molecular complexity index is 1020. The molecule has 1 aromatic heterocycles. The number of anilines is 2. The molecule has 0 aliphatic rings. The summed E-state index contributed by atoms with van der Waals surface area (Å²) in [6, 6.07) is 11.8. The van der Waals surface area contributed by atoms with Gasteiger partial charge in [0.2, 0.25) is 0 Å². The second-order valence-electron chi connectivity index (χ2n) is 5.75. The number of para-hydroxylation sites is 1. The molecule has 2 N–H and O–H groups in total. The van der Waals surface area contributed by atoms with Crippen LogP contribution >= 0.6 is 11.6 Å². The molecule has 0 saturated heterocycles. The van der Waals surface area contributed by atoms with Gasteiger partial charge in [-0.3, -0.25) is 14.7 Å². The maximum Gasteiger partial charge on any atom is 0.276 e. The lowest BCUT2D eigenvalue weighted by molar-refractivity contribution is 0.0981. The number of H-pyrrole nitrogens is 1. The first-order chi connectivity index (χ1) is 13.4. The number of rotatable bonds is 5. The number of halogens is 3. The van der Waals surface area contributed by atoms with E-state index in [1.54, 1.807) is 12.1 Å². The van der Waals surface area contributed by atoms with Gasteiger partial charge < -0.3 is 10.2 Å². The third-order valence-corrected chi connectivity index (χ3v) is 4.25. The quantitative estimate of drug-likeness (QED) is 0.624. The van der Waals surface area contributed by atoms with Crippen molar-refractivity contribution in [2.45, 2.75) is 6.92 Å². The van der Waals surface area contributed by atoms with E-state index in [-0.39, 0.29) is 28.0 Å². The molecule has 0 aliphatic heterocycles. The van der Waals surface area contributed by atoms with E-state index in [1.165, 1.54) is 11.0 Å². The molecule has 0 spiro atoms. The number of aromatic amines is 1. The lowest BCUT2D eigenvalue weighted by Crippen LogP contribution is -2.30. The van der Waals surface area contributed by atoms with E-state index in [2.05, 4.69) is 15.5 Å². The first-order valence-corrected chi connectivity index (χ1v) is 8.66. The molecule has 0 unspecified atom stereocenters. The van der Waals surface area contributed by atoms with Crippen LogP contribution in [0.5, 0.6) is 0 Å². The van der Waals surface area contributed by atoms with Crippen molar-refractivity contribution in [3.8, 4) is 0 Å². The molecule has 0 aliphatic carbocycles. The van der Waals surface area contributed by atoms with Crippen LogP contribution in [0, 0.1) is 11.6 Å². The van der Waals surface area contributed by atoms with Crippen molar-refractivity contribution in [3.05, 3.63) is 76.4 Å². The van der Waals surface area contributed by atoms with E-state index in [4.69, 9.17) is 11.6 Å². The molecule has 0 bridgehead atoms. The normalized spacial score (nSPS) is 10.6. The van der Waals surface area contributed by atoms with E-state index in [0.29, 0.717) is 24.4 Å². The van der Waals surface area contributed by atoms with Crippen molar-refractivity contribution in [2.75, 3.05) is 16.8 Å². The van der Waals surface area contributed by atoms with E-state index in [0.717, 1.165) is 0 Å². The summed E-state index contributed by atoms with van der Waals surface area (Å²) < 4.78 is 26.5. The lowest BCUT2D eigenvalue weighted by atomic mass is 10.2. The Kier molecular flexibility index (Phi) is 5.70. The molecule has 3 rings (SSSR count). The van der Waals surface area contributed by atoms with Crippen molar-refractivity contribution in [1.82, 2.24) is 10.2 Å². The molecule has 0 radical (unpaired) electrons. The first kappa shape index (κ1) is 19.5. The number of hydrogen-bond donors (Lipinski definition) is 2. The number of hydrogen-bond acceptors (Lipinski definition) is 3. The zero-order valence-corrected chi connectivity index (χ0v) is 15.4. The van der Waals surface area contributed by atoms with Gasteiger partial charge in [-0.05, 0) is 31.2 Å². The summed E-state index contributed by atoms with van der Waals surface area (Å²) in [5, 5.41) is 8.57. The van der Waals surface area contributed by atoms with Crippen LogP contribution in [0.1, 0.15) is 27.8 Å². The fourth-order valence-electron chi connectivity index (χ4n) is 2.57. The Morgan fingerprint density at radius 2 is 1.82 bits per heavy atom. The number of carbonyl (C=O) groups is 2. The lowest BCUT2D eigenvalue weighted by Gasteiger charge is -2.19. The fraction of sp³-hybridized carbons (Fsp3) is 0.105. The molecule has 1 heterocycles. The third-order valence-electron chi connectivity index (χ3n) is 3.93. The average Bonchev–Trinajstić information content (AvgIpc) is 3.14. The van der Waals surface area contributed by atoms with Gasteiger partial charge in [0.05, 0.1) is 10.6 Å². The SMILES string of the molecule is CCN(C(=O)c1cc(NC(=O)c2cc(F)c(F)cc2Cl)n[nH]1)c1ccccc1. The summed E-state index contributed by atoms with van der Waals surface area (Å²) in [6.07, 6.45) is 0. The van der Waals surface area contributed by atoms with Crippen molar-refractivity contribution in [1.29, 1.82) is 0 Å². The van der Waals surface area contributed by atoms with E-state index < -0.39 is 17.5 Å². The van der Waals surface area contributed by atoms with Crippen LogP contribution in [0.25, 0.3) is 0 Å². The minimum Gasteiger partial charge on any atom is -0.307 e. The predicted molar refractivity (Wildman–Crippen MR) is 102 cm³/mol. The van der Waals surface area contributed by atoms with Crippen molar-refractivity contribution in [2.24, 2.45) is 0 Å². The van der Waals surface area contributed by atoms with Crippen molar-refractivity contribution >= 4 is 34.9 Å². The van der Waals surface area contributed by atoms with Crippen molar-refractivity contribution in [3.63, 3.8) is 0 Å². The summed E-state index contributed by atoms with van der Waals surface area (Å²) in [7, 11) is 0. The highest BCUT2D eigenvalue weighted by Crippen LogP contribution is 2.22. The number of nitrogens with zero attached hydrogens (tertiary/aromatic N) is 2. The maximum absolute atomic E-state index is 13.4. The van der Waals surface area contributed by atoms with Gasteiger partial charge in [-0.25, -0.2) is 8.78 Å². The summed E-state index contributed by atoms with van der Waals surface area (Å²) in [5.74, 6) is -3.45. The molecule has 3 aromatic rings. The largest absolute Gasteiger partial charge is 0.307 e. The molecule has 0 saturated carbocycles. The van der Waals surface area contributed by atoms with Gasteiger partial charge in [0.25, 0.3) is 11.8 Å². The number of benzene rings is 2. The van der Waals surface area contributed by atoms with Crippen LogP contribution in [-0.4, -0.2) is 28.6 Å². The minimum atomic E-state index is -1.20. The Labute approximate surface area is 164 Å². The highest BCUT2D eigenvalue weighted by atomic mass is 35.5. The molecular formula is C19H15ClF2N4O2. The molecule has 28 heavy (non-hydrogen) atoms. The van der Waals surface area contributed by atoms with Crippen LogP contribution < -0.4 is 10.2 Å². The number of nitrogens with one attached hydrogen (secondary N) is 2. The monoisotopic (exact) mass is 404 g/mol. The smallest absolute Gasteiger partial charge is 0.276 e. The van der Waals surface area contributed by atoms with Gasteiger partial charge in [0.1, 0.15) is 5.69 Å². The Hall–Kier alpha value is -3.26. The minimum absolute atomic E-state index is 0.0401. The molecule has 144 valence electrons. The molecular weight excluding hydrogens is 390 g/mol. The second-order valence-corrected chi connectivity index (χ2v) is 6.16. The van der Waals surface area contributed by atoms with Gasteiger partial charge in [-0.15, -0.1) is 0 Å². The maximum atomic E-state index is 13.4. The molecule has 0 atom stereocenters. The summed E-state index contributed by atoms with van der Waals surface area (Å²) in [5.41, 5.74) is 0.608.